The summed E-state index contributed by atoms with van der Waals surface area (Å²) >= 11 is 1.46. The Balaban J connectivity index is 1.60. The van der Waals surface area contributed by atoms with E-state index in [0.717, 1.165) is 23.4 Å². The van der Waals surface area contributed by atoms with Crippen LogP contribution in [-0.2, 0) is 4.74 Å². The van der Waals surface area contributed by atoms with Crippen LogP contribution in [0.25, 0.3) is 0 Å². The predicted octanol–water partition coefficient (Wildman–Crippen LogP) is 4.56. The van der Waals surface area contributed by atoms with Crippen LogP contribution in [0.1, 0.15) is 48.6 Å². The molecular weight excluding hydrogens is 364 g/mol. The number of aryl methyl sites for hydroxylation is 1. The van der Waals surface area contributed by atoms with Crippen molar-refractivity contribution >= 4 is 28.2 Å². The summed E-state index contributed by atoms with van der Waals surface area (Å²) in [4.78, 5) is 12.4. The predicted molar refractivity (Wildman–Crippen MR) is 107 cm³/mol. The van der Waals surface area contributed by atoms with Crippen LogP contribution in [0, 0.1) is 6.92 Å². The number of nitrogens with one attached hydrogen (secondary N) is 2. The summed E-state index contributed by atoms with van der Waals surface area (Å²) in [6.07, 6.45) is 6.10. The molecule has 0 aliphatic heterocycles. The van der Waals surface area contributed by atoms with Crippen molar-refractivity contribution in [3.8, 4) is 5.75 Å². The molecule has 27 heavy (non-hydrogen) atoms. The lowest BCUT2D eigenvalue weighted by atomic mass is 9.90. The van der Waals surface area contributed by atoms with Gasteiger partial charge in [-0.1, -0.05) is 36.7 Å². The summed E-state index contributed by atoms with van der Waals surface area (Å²) < 4.78 is 10.7. The van der Waals surface area contributed by atoms with E-state index in [-0.39, 0.29) is 6.03 Å². The van der Waals surface area contributed by atoms with E-state index in [1.165, 1.54) is 30.6 Å². The standard InChI is InChI=1S/C19H26N4O3S/c1-13-8-9-15(16(12-13)26-11-10-25-2)20-18(24)21-19-23-22-17(27-19)14-6-4-3-5-7-14/h8-9,12,14H,3-7,10-11H2,1-2H3,(H2,20,21,23,24). The lowest BCUT2D eigenvalue weighted by Crippen LogP contribution is -2.20. The van der Waals surface area contributed by atoms with E-state index in [9.17, 15) is 4.79 Å². The minimum Gasteiger partial charge on any atom is -0.489 e. The summed E-state index contributed by atoms with van der Waals surface area (Å²) in [5.41, 5.74) is 1.65. The highest BCUT2D eigenvalue weighted by Gasteiger charge is 2.20. The Hall–Kier alpha value is -2.19. The van der Waals surface area contributed by atoms with Crippen LogP contribution in [0.15, 0.2) is 18.2 Å². The lowest BCUT2D eigenvalue weighted by Gasteiger charge is -2.18. The zero-order valence-corrected chi connectivity index (χ0v) is 16.6. The van der Waals surface area contributed by atoms with Crippen LogP contribution in [0.5, 0.6) is 5.75 Å². The average molecular weight is 391 g/mol. The molecule has 146 valence electrons. The first-order valence-electron chi connectivity index (χ1n) is 9.29. The zero-order chi connectivity index (χ0) is 19.1. The Morgan fingerprint density at radius 3 is 2.78 bits per heavy atom. The van der Waals surface area contributed by atoms with Crippen molar-refractivity contribution in [3.05, 3.63) is 28.8 Å². The monoisotopic (exact) mass is 390 g/mol. The van der Waals surface area contributed by atoms with E-state index in [4.69, 9.17) is 9.47 Å². The molecule has 0 unspecified atom stereocenters. The van der Waals surface area contributed by atoms with Crippen molar-refractivity contribution in [3.63, 3.8) is 0 Å². The molecule has 1 aromatic heterocycles. The summed E-state index contributed by atoms with van der Waals surface area (Å²) in [6.45, 7) is 2.87. The Kier molecular flexibility index (Phi) is 7.00. The SMILES string of the molecule is COCCOc1cc(C)ccc1NC(=O)Nc1nnc(C2CCCCC2)s1. The van der Waals surface area contributed by atoms with Crippen LogP contribution in [0.2, 0.25) is 0 Å². The van der Waals surface area contributed by atoms with Gasteiger partial charge in [0.1, 0.15) is 17.4 Å². The van der Waals surface area contributed by atoms with Crippen LogP contribution >= 0.6 is 11.3 Å². The van der Waals surface area contributed by atoms with Gasteiger partial charge in [-0.3, -0.25) is 5.32 Å². The van der Waals surface area contributed by atoms with E-state index < -0.39 is 0 Å². The van der Waals surface area contributed by atoms with Gasteiger partial charge in [0.15, 0.2) is 0 Å². The first-order valence-corrected chi connectivity index (χ1v) is 10.1. The molecule has 2 amide bonds. The highest BCUT2D eigenvalue weighted by molar-refractivity contribution is 7.15. The fourth-order valence-electron chi connectivity index (χ4n) is 3.14. The first kappa shape index (κ1) is 19.6. The molecule has 0 radical (unpaired) electrons. The van der Waals surface area contributed by atoms with E-state index in [2.05, 4.69) is 20.8 Å². The molecule has 1 aliphatic rings. The normalized spacial score (nSPS) is 14.7. The Morgan fingerprint density at radius 2 is 2.00 bits per heavy atom. The fourth-order valence-corrected chi connectivity index (χ4v) is 4.04. The van der Waals surface area contributed by atoms with Crippen LogP contribution in [0.3, 0.4) is 0 Å². The summed E-state index contributed by atoms with van der Waals surface area (Å²) in [5, 5.41) is 15.5. The van der Waals surface area contributed by atoms with Gasteiger partial charge in [0.2, 0.25) is 5.13 Å². The van der Waals surface area contributed by atoms with E-state index in [1.54, 1.807) is 7.11 Å². The number of carbonyl (C=O) groups excluding carboxylic acids is 1. The van der Waals surface area contributed by atoms with E-state index in [0.29, 0.717) is 35.7 Å². The number of rotatable bonds is 7. The quantitative estimate of drug-likeness (QED) is 0.677. The lowest BCUT2D eigenvalue weighted by molar-refractivity contribution is 0.146. The number of ether oxygens (including phenoxy) is 2. The third-order valence-corrected chi connectivity index (χ3v) is 5.55. The molecule has 1 fully saturated rings. The topological polar surface area (TPSA) is 85.4 Å². The third kappa shape index (κ3) is 5.64. The number of aromatic nitrogens is 2. The van der Waals surface area contributed by atoms with Gasteiger partial charge in [-0.05, 0) is 37.5 Å². The molecule has 0 bridgehead atoms. The van der Waals surface area contributed by atoms with Gasteiger partial charge >= 0.3 is 6.03 Å². The highest BCUT2D eigenvalue weighted by atomic mass is 32.1. The minimum atomic E-state index is -0.359. The largest absolute Gasteiger partial charge is 0.489 e. The van der Waals surface area contributed by atoms with Gasteiger partial charge in [0.05, 0.1) is 12.3 Å². The number of amides is 2. The molecule has 7 nitrogen and oxygen atoms in total. The third-order valence-electron chi connectivity index (χ3n) is 4.55. The Bertz CT molecular complexity index is 759. The molecule has 0 atom stereocenters. The van der Waals surface area contributed by atoms with Crippen molar-refractivity contribution in [2.24, 2.45) is 0 Å². The molecule has 2 N–H and O–H groups in total. The minimum absolute atomic E-state index is 0.359. The molecule has 0 spiro atoms. The summed E-state index contributed by atoms with van der Waals surface area (Å²) in [5.74, 6) is 1.09. The van der Waals surface area contributed by atoms with E-state index in [1.807, 2.05) is 25.1 Å². The maximum atomic E-state index is 12.4. The molecular formula is C19H26N4O3S. The van der Waals surface area contributed by atoms with Gasteiger partial charge in [-0.25, -0.2) is 4.79 Å². The number of hydrogen-bond acceptors (Lipinski definition) is 6. The molecule has 8 heteroatoms. The maximum absolute atomic E-state index is 12.4. The second-order valence-corrected chi connectivity index (χ2v) is 7.71. The first-order chi connectivity index (χ1) is 13.2. The molecule has 2 aromatic rings. The number of carbonyl (C=O) groups is 1. The molecule has 0 saturated heterocycles. The van der Waals surface area contributed by atoms with Crippen molar-refractivity contribution in [1.29, 1.82) is 0 Å². The van der Waals surface area contributed by atoms with Crippen molar-refractivity contribution in [2.45, 2.75) is 44.9 Å². The van der Waals surface area contributed by atoms with Crippen LogP contribution in [-0.4, -0.2) is 36.6 Å². The van der Waals surface area contributed by atoms with Crippen LogP contribution < -0.4 is 15.4 Å². The Morgan fingerprint density at radius 1 is 1.19 bits per heavy atom. The number of hydrogen-bond donors (Lipinski definition) is 2. The average Bonchev–Trinajstić information content (AvgIpc) is 3.13. The van der Waals surface area contributed by atoms with Gasteiger partial charge in [-0.2, -0.15) is 0 Å². The maximum Gasteiger partial charge on any atom is 0.325 e. The van der Waals surface area contributed by atoms with Gasteiger partial charge < -0.3 is 14.8 Å². The number of urea groups is 1. The second-order valence-electron chi connectivity index (χ2n) is 6.70. The van der Waals surface area contributed by atoms with Gasteiger partial charge in [0.25, 0.3) is 0 Å². The van der Waals surface area contributed by atoms with Gasteiger partial charge in [0, 0.05) is 13.0 Å². The summed E-state index contributed by atoms with van der Waals surface area (Å²) in [7, 11) is 1.62. The molecule has 1 saturated carbocycles. The number of nitrogens with zero attached hydrogens (tertiary/aromatic N) is 2. The fraction of sp³-hybridized carbons (Fsp3) is 0.526. The number of methoxy groups -OCH3 is 1. The zero-order valence-electron chi connectivity index (χ0n) is 15.8. The van der Waals surface area contributed by atoms with E-state index >= 15 is 0 Å². The van der Waals surface area contributed by atoms with Gasteiger partial charge in [-0.15, -0.1) is 10.2 Å². The Labute approximate surface area is 163 Å². The highest BCUT2D eigenvalue weighted by Crippen LogP contribution is 2.35. The second kappa shape index (κ2) is 9.66. The number of anilines is 2. The molecule has 1 heterocycles. The van der Waals surface area contributed by atoms with Crippen molar-refractivity contribution in [2.75, 3.05) is 31.0 Å². The molecule has 1 aromatic carbocycles. The summed E-state index contributed by atoms with van der Waals surface area (Å²) in [6, 6.07) is 5.27. The van der Waals surface area contributed by atoms with Crippen LogP contribution in [0.4, 0.5) is 15.6 Å². The molecule has 3 rings (SSSR count). The van der Waals surface area contributed by atoms with Crippen molar-refractivity contribution in [1.82, 2.24) is 10.2 Å². The number of benzene rings is 1. The van der Waals surface area contributed by atoms with Crippen molar-refractivity contribution < 1.29 is 14.3 Å². The molecule has 1 aliphatic carbocycles. The smallest absolute Gasteiger partial charge is 0.325 e.